The largest absolute Gasteiger partial charge is 0.487 e. The Bertz CT molecular complexity index is 1320. The van der Waals surface area contributed by atoms with Crippen LogP contribution in [0, 0.1) is 0 Å². The highest BCUT2D eigenvalue weighted by Crippen LogP contribution is 2.16. The maximum absolute atomic E-state index is 12.6. The molecule has 0 fully saturated rings. The second-order valence-electron chi connectivity index (χ2n) is 7.37. The number of rotatable bonds is 10. The number of carbonyl (C=O) groups is 1. The number of pyridine rings is 1. The van der Waals surface area contributed by atoms with Gasteiger partial charge in [0.25, 0.3) is 5.91 Å². The lowest BCUT2D eigenvalue weighted by atomic mass is 10.2. The maximum Gasteiger partial charge on any atom is 0.251 e. The third-order valence-electron chi connectivity index (χ3n) is 4.91. The summed E-state index contributed by atoms with van der Waals surface area (Å²) in [5, 5.41) is 4.71. The average Bonchev–Trinajstić information content (AvgIpc) is 3.40. The van der Waals surface area contributed by atoms with Crippen molar-refractivity contribution >= 4 is 27.3 Å². The molecule has 0 aliphatic rings. The standard InChI is InChI=1S/C25H23N3O4S2/c29-25(20-5-3-8-24(15-20)34(30,31)28-17-23-7-4-14-33-23)27-16-19-9-11-22(12-10-19)32-18-21-6-1-2-13-26-21/h1-15,28H,16-18H2,(H,27,29). The lowest BCUT2D eigenvalue weighted by Gasteiger charge is -2.10. The first-order valence-electron chi connectivity index (χ1n) is 10.5. The summed E-state index contributed by atoms with van der Waals surface area (Å²) in [6, 6.07) is 22.8. The van der Waals surface area contributed by atoms with Gasteiger partial charge in [-0.05, 0) is 59.5 Å². The lowest BCUT2D eigenvalue weighted by molar-refractivity contribution is 0.0950. The highest BCUT2D eigenvalue weighted by Gasteiger charge is 2.16. The van der Waals surface area contributed by atoms with E-state index < -0.39 is 10.0 Å². The first-order chi connectivity index (χ1) is 16.5. The highest BCUT2D eigenvalue weighted by atomic mass is 32.2. The zero-order valence-electron chi connectivity index (χ0n) is 18.2. The molecular formula is C25H23N3O4S2. The molecule has 0 radical (unpaired) electrons. The van der Waals surface area contributed by atoms with E-state index in [9.17, 15) is 13.2 Å². The summed E-state index contributed by atoms with van der Waals surface area (Å²) in [5.74, 6) is 0.347. The Hall–Kier alpha value is -3.53. The molecule has 0 aliphatic carbocycles. The third-order valence-corrected chi connectivity index (χ3v) is 7.19. The van der Waals surface area contributed by atoms with Crippen LogP contribution in [0.25, 0.3) is 0 Å². The van der Waals surface area contributed by atoms with E-state index in [1.807, 2.05) is 60.0 Å². The van der Waals surface area contributed by atoms with Crippen LogP contribution in [0.4, 0.5) is 0 Å². The van der Waals surface area contributed by atoms with E-state index in [4.69, 9.17) is 4.74 Å². The van der Waals surface area contributed by atoms with Gasteiger partial charge in [-0.3, -0.25) is 9.78 Å². The molecule has 0 saturated carbocycles. The molecule has 174 valence electrons. The van der Waals surface area contributed by atoms with Crippen LogP contribution >= 0.6 is 11.3 Å². The van der Waals surface area contributed by atoms with Crippen LogP contribution in [0.1, 0.15) is 26.5 Å². The highest BCUT2D eigenvalue weighted by molar-refractivity contribution is 7.89. The van der Waals surface area contributed by atoms with E-state index in [-0.39, 0.29) is 22.9 Å². The Morgan fingerprint density at radius 3 is 2.53 bits per heavy atom. The summed E-state index contributed by atoms with van der Waals surface area (Å²) >= 11 is 1.47. The van der Waals surface area contributed by atoms with Crippen LogP contribution in [-0.4, -0.2) is 19.3 Å². The van der Waals surface area contributed by atoms with Gasteiger partial charge < -0.3 is 10.1 Å². The molecule has 2 aromatic carbocycles. The van der Waals surface area contributed by atoms with Crippen molar-refractivity contribution in [2.75, 3.05) is 0 Å². The summed E-state index contributed by atoms with van der Waals surface area (Å²) < 4.78 is 33.5. The third kappa shape index (κ3) is 6.50. The van der Waals surface area contributed by atoms with Crippen LogP contribution in [-0.2, 0) is 29.7 Å². The van der Waals surface area contributed by atoms with Crippen LogP contribution in [0.5, 0.6) is 5.75 Å². The van der Waals surface area contributed by atoms with Crippen LogP contribution in [0.15, 0.2) is 95.3 Å². The normalized spacial score (nSPS) is 11.2. The molecule has 34 heavy (non-hydrogen) atoms. The average molecular weight is 494 g/mol. The molecule has 2 heterocycles. The Kier molecular flexibility index (Phi) is 7.69. The lowest BCUT2D eigenvalue weighted by Crippen LogP contribution is -2.25. The van der Waals surface area contributed by atoms with Crippen molar-refractivity contribution in [1.82, 2.24) is 15.0 Å². The van der Waals surface area contributed by atoms with Gasteiger partial charge in [0.2, 0.25) is 10.0 Å². The van der Waals surface area contributed by atoms with Crippen LogP contribution in [0.3, 0.4) is 0 Å². The molecule has 4 aromatic rings. The number of hydrogen-bond acceptors (Lipinski definition) is 6. The molecule has 2 aromatic heterocycles. The van der Waals surface area contributed by atoms with Gasteiger partial charge in [0.05, 0.1) is 10.6 Å². The smallest absolute Gasteiger partial charge is 0.251 e. The molecule has 2 N–H and O–H groups in total. The van der Waals surface area contributed by atoms with E-state index in [0.29, 0.717) is 18.9 Å². The van der Waals surface area contributed by atoms with Gasteiger partial charge in [0.1, 0.15) is 12.4 Å². The van der Waals surface area contributed by atoms with Gasteiger partial charge in [-0.25, -0.2) is 13.1 Å². The van der Waals surface area contributed by atoms with Gasteiger partial charge in [0, 0.05) is 29.7 Å². The molecule has 7 nitrogen and oxygen atoms in total. The van der Waals surface area contributed by atoms with Crippen molar-refractivity contribution in [3.05, 3.63) is 112 Å². The molecule has 0 aliphatic heterocycles. The molecule has 4 rings (SSSR count). The molecule has 1 amide bonds. The number of nitrogens with zero attached hydrogens (tertiary/aromatic N) is 1. The number of ether oxygens (including phenoxy) is 1. The first kappa shape index (κ1) is 23.6. The van der Waals surface area contributed by atoms with Crippen molar-refractivity contribution in [2.24, 2.45) is 0 Å². The zero-order chi connectivity index (χ0) is 23.8. The molecular weight excluding hydrogens is 470 g/mol. The van der Waals surface area contributed by atoms with Crippen molar-refractivity contribution in [1.29, 1.82) is 0 Å². The maximum atomic E-state index is 12.6. The summed E-state index contributed by atoms with van der Waals surface area (Å²) in [5.41, 5.74) is 2.00. The topological polar surface area (TPSA) is 97.4 Å². The van der Waals surface area contributed by atoms with Crippen LogP contribution < -0.4 is 14.8 Å². The van der Waals surface area contributed by atoms with Gasteiger partial charge in [-0.1, -0.05) is 30.3 Å². The minimum atomic E-state index is -3.73. The predicted octanol–water partition coefficient (Wildman–Crippen LogP) is 4.13. The first-order valence-corrected chi connectivity index (χ1v) is 12.9. The molecule has 0 bridgehead atoms. The van der Waals surface area contributed by atoms with Gasteiger partial charge >= 0.3 is 0 Å². The fraction of sp³-hybridized carbons (Fsp3) is 0.120. The van der Waals surface area contributed by atoms with E-state index in [1.165, 1.54) is 23.5 Å². The van der Waals surface area contributed by atoms with Crippen molar-refractivity contribution in [3.8, 4) is 5.75 Å². The number of thiophene rings is 1. The summed E-state index contributed by atoms with van der Waals surface area (Å²) in [6.45, 7) is 0.878. The Morgan fingerprint density at radius 1 is 0.941 bits per heavy atom. The molecule has 0 unspecified atom stereocenters. The fourth-order valence-corrected chi connectivity index (χ4v) is 4.88. The molecule has 0 saturated heterocycles. The van der Waals surface area contributed by atoms with Gasteiger partial charge in [0.15, 0.2) is 0 Å². The monoisotopic (exact) mass is 493 g/mol. The molecule has 0 atom stereocenters. The van der Waals surface area contributed by atoms with Gasteiger partial charge in [-0.2, -0.15) is 0 Å². The number of amides is 1. The van der Waals surface area contributed by atoms with Crippen molar-refractivity contribution in [3.63, 3.8) is 0 Å². The number of benzene rings is 2. The quantitative estimate of drug-likeness (QED) is 0.346. The van der Waals surface area contributed by atoms with E-state index in [0.717, 1.165) is 16.1 Å². The Morgan fingerprint density at radius 2 is 1.79 bits per heavy atom. The number of hydrogen-bond donors (Lipinski definition) is 2. The number of sulfonamides is 1. The van der Waals surface area contributed by atoms with E-state index in [2.05, 4.69) is 15.0 Å². The van der Waals surface area contributed by atoms with E-state index >= 15 is 0 Å². The number of carbonyl (C=O) groups excluding carboxylic acids is 1. The van der Waals surface area contributed by atoms with Crippen LogP contribution in [0.2, 0.25) is 0 Å². The number of nitrogens with one attached hydrogen (secondary N) is 2. The van der Waals surface area contributed by atoms with Crippen molar-refractivity contribution in [2.45, 2.75) is 24.6 Å². The summed E-state index contributed by atoms with van der Waals surface area (Å²) in [6.07, 6.45) is 1.72. The van der Waals surface area contributed by atoms with E-state index in [1.54, 1.807) is 18.3 Å². The predicted molar refractivity (Wildman–Crippen MR) is 131 cm³/mol. The van der Waals surface area contributed by atoms with Crippen molar-refractivity contribution < 1.29 is 17.9 Å². The summed E-state index contributed by atoms with van der Waals surface area (Å²) in [7, 11) is -3.73. The minimum Gasteiger partial charge on any atom is -0.487 e. The Balaban J connectivity index is 1.31. The van der Waals surface area contributed by atoms with Gasteiger partial charge in [-0.15, -0.1) is 11.3 Å². The molecule has 0 spiro atoms. The second-order valence-corrected chi connectivity index (χ2v) is 10.2. The fourth-order valence-electron chi connectivity index (χ4n) is 3.10. The zero-order valence-corrected chi connectivity index (χ0v) is 19.8. The number of aromatic nitrogens is 1. The second kappa shape index (κ2) is 11.1. The summed E-state index contributed by atoms with van der Waals surface area (Å²) in [4.78, 5) is 17.8. The Labute approximate surface area is 202 Å². The minimum absolute atomic E-state index is 0.0473. The SMILES string of the molecule is O=C(NCc1ccc(OCc2ccccn2)cc1)c1cccc(S(=O)(=O)NCc2cccs2)c1. The molecule has 9 heteroatoms.